The Kier molecular flexibility index (Phi) is 4.67. The fourth-order valence-corrected chi connectivity index (χ4v) is 1.64. The van der Waals surface area contributed by atoms with Crippen molar-refractivity contribution < 1.29 is 8.78 Å². The lowest BCUT2D eigenvalue weighted by Gasteiger charge is -2.06. The monoisotopic (exact) mass is 213 g/mol. The molecule has 0 aromatic carbocycles. The van der Waals surface area contributed by atoms with Crippen molar-refractivity contribution in [2.24, 2.45) is 5.73 Å². The Morgan fingerprint density at radius 2 is 2.00 bits per heavy atom. The number of aryl methyl sites for hydroxylation is 1. The molecule has 0 radical (unpaired) electrons. The van der Waals surface area contributed by atoms with Gasteiger partial charge in [0.1, 0.15) is 6.04 Å². The minimum absolute atomic E-state index is 0. The van der Waals surface area contributed by atoms with Gasteiger partial charge < -0.3 is 5.73 Å². The summed E-state index contributed by atoms with van der Waals surface area (Å²) in [6.07, 6.45) is -2.46. The van der Waals surface area contributed by atoms with E-state index < -0.39 is 12.5 Å². The van der Waals surface area contributed by atoms with Gasteiger partial charge in [-0.1, -0.05) is 0 Å². The summed E-state index contributed by atoms with van der Waals surface area (Å²) >= 11 is 1.32. The predicted molar refractivity (Wildman–Crippen MR) is 49.2 cm³/mol. The van der Waals surface area contributed by atoms with E-state index in [0.29, 0.717) is 4.88 Å². The van der Waals surface area contributed by atoms with Gasteiger partial charge in [-0.05, 0) is 19.1 Å². The number of halogens is 3. The number of rotatable bonds is 2. The molecule has 1 rings (SSSR count). The van der Waals surface area contributed by atoms with Crippen LogP contribution in [0.25, 0.3) is 0 Å². The van der Waals surface area contributed by atoms with E-state index in [-0.39, 0.29) is 12.4 Å². The second-order valence-corrected chi connectivity index (χ2v) is 3.63. The van der Waals surface area contributed by atoms with E-state index in [1.807, 2.05) is 6.92 Å². The van der Waals surface area contributed by atoms with Gasteiger partial charge in [0.2, 0.25) is 0 Å². The molecule has 0 amide bonds. The Labute approximate surface area is 80.0 Å². The SMILES string of the molecule is Cc1ccc([C@H](N)C(F)F)s1.Cl. The Morgan fingerprint density at radius 3 is 2.33 bits per heavy atom. The Bertz CT molecular complexity index is 239. The van der Waals surface area contributed by atoms with E-state index in [1.165, 1.54) is 11.3 Å². The van der Waals surface area contributed by atoms with E-state index in [1.54, 1.807) is 12.1 Å². The largest absolute Gasteiger partial charge is 0.319 e. The molecule has 1 aromatic rings. The predicted octanol–water partition coefficient (Wildman–Crippen LogP) is 2.74. The number of nitrogens with two attached hydrogens (primary N) is 1. The Hall–Kier alpha value is -0.190. The highest BCUT2D eigenvalue weighted by Crippen LogP contribution is 2.24. The van der Waals surface area contributed by atoms with Gasteiger partial charge in [-0.25, -0.2) is 8.78 Å². The molecular formula is C7H10ClF2NS. The van der Waals surface area contributed by atoms with Crippen LogP contribution in [-0.4, -0.2) is 6.43 Å². The first-order valence-corrected chi connectivity index (χ1v) is 4.03. The normalized spacial score (nSPS) is 12.8. The highest BCUT2D eigenvalue weighted by Gasteiger charge is 2.18. The van der Waals surface area contributed by atoms with Gasteiger partial charge in [0, 0.05) is 9.75 Å². The van der Waals surface area contributed by atoms with Gasteiger partial charge in [-0.2, -0.15) is 0 Å². The van der Waals surface area contributed by atoms with Gasteiger partial charge in [-0.3, -0.25) is 0 Å². The third kappa shape index (κ3) is 2.69. The quantitative estimate of drug-likeness (QED) is 0.803. The van der Waals surface area contributed by atoms with Crippen LogP contribution in [0.5, 0.6) is 0 Å². The molecular weight excluding hydrogens is 204 g/mol. The van der Waals surface area contributed by atoms with Crippen LogP contribution in [0, 0.1) is 6.92 Å². The summed E-state index contributed by atoms with van der Waals surface area (Å²) in [5.74, 6) is 0. The summed E-state index contributed by atoms with van der Waals surface area (Å²) in [5.41, 5.74) is 5.21. The van der Waals surface area contributed by atoms with Crippen LogP contribution in [0.1, 0.15) is 15.8 Å². The highest BCUT2D eigenvalue weighted by atomic mass is 35.5. The third-order valence-corrected chi connectivity index (χ3v) is 2.46. The Balaban J connectivity index is 0.00000121. The minimum atomic E-state index is -2.46. The van der Waals surface area contributed by atoms with Gasteiger partial charge >= 0.3 is 0 Å². The van der Waals surface area contributed by atoms with Crippen LogP contribution in [-0.2, 0) is 0 Å². The second-order valence-electron chi connectivity index (χ2n) is 2.31. The second kappa shape index (κ2) is 4.74. The number of alkyl halides is 2. The van der Waals surface area contributed by atoms with Crippen LogP contribution in [0.15, 0.2) is 12.1 Å². The smallest absolute Gasteiger partial charge is 0.258 e. The molecule has 5 heteroatoms. The van der Waals surface area contributed by atoms with Crippen LogP contribution < -0.4 is 5.73 Å². The molecule has 0 fully saturated rings. The first-order valence-electron chi connectivity index (χ1n) is 3.21. The van der Waals surface area contributed by atoms with Crippen molar-refractivity contribution >= 4 is 23.7 Å². The third-order valence-electron chi connectivity index (χ3n) is 1.36. The molecule has 0 aliphatic carbocycles. The molecule has 1 nitrogen and oxygen atoms in total. The van der Waals surface area contributed by atoms with E-state index in [2.05, 4.69) is 0 Å². The summed E-state index contributed by atoms with van der Waals surface area (Å²) in [7, 11) is 0. The van der Waals surface area contributed by atoms with Crippen molar-refractivity contribution in [2.45, 2.75) is 19.4 Å². The molecule has 1 aromatic heterocycles. The lowest BCUT2D eigenvalue weighted by atomic mass is 10.3. The van der Waals surface area contributed by atoms with E-state index in [4.69, 9.17) is 5.73 Å². The van der Waals surface area contributed by atoms with Crippen molar-refractivity contribution in [1.82, 2.24) is 0 Å². The number of hydrogen-bond acceptors (Lipinski definition) is 2. The lowest BCUT2D eigenvalue weighted by Crippen LogP contribution is -2.17. The molecule has 0 saturated heterocycles. The fourth-order valence-electron chi connectivity index (χ4n) is 0.757. The van der Waals surface area contributed by atoms with Crippen LogP contribution in [0.3, 0.4) is 0 Å². The standard InChI is InChI=1S/C7H9F2NS.ClH/c1-4-2-3-5(11-4)6(10)7(8)9;/h2-3,6-7H,10H2,1H3;1H/t6-;/m0./s1. The zero-order chi connectivity index (χ0) is 8.43. The molecule has 0 saturated carbocycles. The van der Waals surface area contributed by atoms with E-state index >= 15 is 0 Å². The molecule has 0 spiro atoms. The van der Waals surface area contributed by atoms with Gasteiger partial charge in [0.25, 0.3) is 6.43 Å². The molecule has 0 unspecified atom stereocenters. The van der Waals surface area contributed by atoms with Gasteiger partial charge in [-0.15, -0.1) is 23.7 Å². The van der Waals surface area contributed by atoms with Crippen molar-refractivity contribution in [3.8, 4) is 0 Å². The maximum Gasteiger partial charge on any atom is 0.258 e. The van der Waals surface area contributed by atoms with Gasteiger partial charge in [0.05, 0.1) is 0 Å². The van der Waals surface area contributed by atoms with Crippen molar-refractivity contribution in [1.29, 1.82) is 0 Å². The molecule has 2 N–H and O–H groups in total. The van der Waals surface area contributed by atoms with Crippen molar-refractivity contribution in [3.63, 3.8) is 0 Å². The summed E-state index contributed by atoms with van der Waals surface area (Å²) in [4.78, 5) is 1.56. The fraction of sp³-hybridized carbons (Fsp3) is 0.429. The van der Waals surface area contributed by atoms with E-state index in [9.17, 15) is 8.78 Å². The summed E-state index contributed by atoms with van der Waals surface area (Å²) in [6, 6.07) is 2.33. The maximum absolute atomic E-state index is 12.0. The first kappa shape index (κ1) is 11.8. The molecule has 1 heterocycles. The summed E-state index contributed by atoms with van der Waals surface area (Å²) in [5, 5.41) is 0. The average Bonchev–Trinajstić information content (AvgIpc) is 2.34. The zero-order valence-corrected chi connectivity index (χ0v) is 8.09. The van der Waals surface area contributed by atoms with Crippen molar-refractivity contribution in [3.05, 3.63) is 21.9 Å². The molecule has 0 aliphatic rings. The van der Waals surface area contributed by atoms with E-state index in [0.717, 1.165) is 4.88 Å². The molecule has 70 valence electrons. The zero-order valence-electron chi connectivity index (χ0n) is 6.46. The van der Waals surface area contributed by atoms with Gasteiger partial charge in [0.15, 0.2) is 0 Å². The lowest BCUT2D eigenvalue weighted by molar-refractivity contribution is 0.118. The maximum atomic E-state index is 12.0. The molecule has 12 heavy (non-hydrogen) atoms. The molecule has 0 bridgehead atoms. The highest BCUT2D eigenvalue weighted by molar-refractivity contribution is 7.12. The number of hydrogen-bond donors (Lipinski definition) is 1. The van der Waals surface area contributed by atoms with Crippen LogP contribution >= 0.6 is 23.7 Å². The number of thiophene rings is 1. The molecule has 0 aliphatic heterocycles. The van der Waals surface area contributed by atoms with Crippen LogP contribution in [0.2, 0.25) is 0 Å². The van der Waals surface area contributed by atoms with Crippen LogP contribution in [0.4, 0.5) is 8.78 Å². The summed E-state index contributed by atoms with van der Waals surface area (Å²) in [6.45, 7) is 1.87. The minimum Gasteiger partial charge on any atom is -0.319 e. The Morgan fingerprint density at radius 1 is 1.42 bits per heavy atom. The first-order chi connectivity index (χ1) is 5.11. The van der Waals surface area contributed by atoms with Crippen molar-refractivity contribution in [2.75, 3.05) is 0 Å². The summed E-state index contributed by atoms with van der Waals surface area (Å²) < 4.78 is 24.0. The topological polar surface area (TPSA) is 26.0 Å². The molecule has 1 atom stereocenters. The average molecular weight is 214 g/mol.